The van der Waals surface area contributed by atoms with Gasteiger partial charge in [0.25, 0.3) is 0 Å². The van der Waals surface area contributed by atoms with Gasteiger partial charge in [0.2, 0.25) is 5.91 Å². The number of para-hydroxylation sites is 2. The lowest BCUT2D eigenvalue weighted by molar-refractivity contribution is -0.116. The van der Waals surface area contributed by atoms with E-state index in [1.165, 1.54) is 0 Å². The normalized spacial score (nSPS) is 16.4. The van der Waals surface area contributed by atoms with Crippen molar-refractivity contribution in [2.24, 2.45) is 0 Å². The Morgan fingerprint density at radius 1 is 1.19 bits per heavy atom. The van der Waals surface area contributed by atoms with Crippen LogP contribution in [0.1, 0.15) is 29.2 Å². The largest absolute Gasteiger partial charge is 0.422 e. The fourth-order valence-electron chi connectivity index (χ4n) is 3.62. The number of carbonyl (C=O) groups is 1. The molecule has 0 bridgehead atoms. The van der Waals surface area contributed by atoms with E-state index in [-0.39, 0.29) is 11.8 Å². The number of aromatic nitrogens is 3. The minimum atomic E-state index is -0.0556. The van der Waals surface area contributed by atoms with Gasteiger partial charge in [-0.05, 0) is 36.8 Å². The first-order valence-electron chi connectivity index (χ1n) is 8.61. The van der Waals surface area contributed by atoms with Crippen LogP contribution in [-0.2, 0) is 4.79 Å². The molecule has 0 fully saturated rings. The van der Waals surface area contributed by atoms with Gasteiger partial charge in [-0.2, -0.15) is 14.8 Å². The highest BCUT2D eigenvalue weighted by Gasteiger charge is 2.33. The molecule has 0 radical (unpaired) electrons. The van der Waals surface area contributed by atoms with Gasteiger partial charge >= 0.3 is 6.01 Å². The maximum atomic E-state index is 12.4. The first-order valence-corrected chi connectivity index (χ1v) is 9.40. The zero-order chi connectivity index (χ0) is 18.5. The number of halogens is 1. The van der Waals surface area contributed by atoms with E-state index in [0.29, 0.717) is 23.8 Å². The van der Waals surface area contributed by atoms with Crippen LogP contribution in [0.2, 0.25) is 0 Å². The topological polar surface area (TPSA) is 73.0 Å². The number of oxazole rings is 1. The Labute approximate surface area is 163 Å². The van der Waals surface area contributed by atoms with Crippen LogP contribution in [0.4, 0.5) is 5.82 Å². The van der Waals surface area contributed by atoms with Crippen LogP contribution in [0.5, 0.6) is 0 Å². The number of rotatable bonds is 2. The summed E-state index contributed by atoms with van der Waals surface area (Å²) in [5.74, 6) is 0.524. The van der Waals surface area contributed by atoms with Gasteiger partial charge in [-0.1, -0.05) is 40.2 Å². The monoisotopic (exact) mass is 422 g/mol. The number of carbonyl (C=O) groups excluding carboxylic acids is 1. The Morgan fingerprint density at radius 3 is 2.74 bits per heavy atom. The van der Waals surface area contributed by atoms with Gasteiger partial charge in [0, 0.05) is 22.4 Å². The number of nitrogens with one attached hydrogen (secondary N) is 1. The van der Waals surface area contributed by atoms with Crippen molar-refractivity contribution >= 4 is 38.8 Å². The number of anilines is 1. The molecule has 7 heteroatoms. The molecule has 1 atom stereocenters. The summed E-state index contributed by atoms with van der Waals surface area (Å²) in [7, 11) is 0. The Bertz CT molecular complexity index is 1140. The van der Waals surface area contributed by atoms with Crippen molar-refractivity contribution in [3.63, 3.8) is 0 Å². The summed E-state index contributed by atoms with van der Waals surface area (Å²) < 4.78 is 8.45. The summed E-state index contributed by atoms with van der Waals surface area (Å²) >= 11 is 3.46. The molecule has 0 spiro atoms. The molecule has 3 heterocycles. The Morgan fingerprint density at radius 2 is 1.96 bits per heavy atom. The molecule has 1 N–H and O–H groups in total. The predicted octanol–water partition coefficient (Wildman–Crippen LogP) is 4.56. The van der Waals surface area contributed by atoms with Crippen molar-refractivity contribution in [2.75, 3.05) is 5.32 Å². The van der Waals surface area contributed by atoms with Crippen molar-refractivity contribution < 1.29 is 9.21 Å². The molecule has 6 nitrogen and oxygen atoms in total. The summed E-state index contributed by atoms with van der Waals surface area (Å²) in [4.78, 5) is 16.9. The lowest BCUT2D eigenvalue weighted by Crippen LogP contribution is -2.25. The van der Waals surface area contributed by atoms with Crippen LogP contribution in [0.15, 0.2) is 57.4 Å². The molecule has 134 valence electrons. The maximum Gasteiger partial charge on any atom is 0.325 e. The number of fused-ring (bicyclic) bond motifs is 2. The Kier molecular flexibility index (Phi) is 3.65. The average Bonchev–Trinajstić information content (AvgIpc) is 3.23. The summed E-state index contributed by atoms with van der Waals surface area (Å²) in [6.45, 7) is 1.95. The fourth-order valence-corrected chi connectivity index (χ4v) is 3.88. The van der Waals surface area contributed by atoms with Gasteiger partial charge in [0.1, 0.15) is 11.3 Å². The average molecular weight is 423 g/mol. The number of amides is 1. The van der Waals surface area contributed by atoms with Gasteiger partial charge in [0.05, 0.1) is 5.69 Å². The number of aryl methyl sites for hydroxylation is 1. The summed E-state index contributed by atoms with van der Waals surface area (Å²) in [5, 5.41) is 7.58. The van der Waals surface area contributed by atoms with E-state index < -0.39 is 0 Å². The van der Waals surface area contributed by atoms with Gasteiger partial charge in [0.15, 0.2) is 5.58 Å². The third-order valence-electron chi connectivity index (χ3n) is 4.84. The Hall–Kier alpha value is -2.93. The first kappa shape index (κ1) is 16.3. The second-order valence-electron chi connectivity index (χ2n) is 6.58. The van der Waals surface area contributed by atoms with Crippen molar-refractivity contribution in [3.8, 4) is 6.01 Å². The minimum Gasteiger partial charge on any atom is -0.422 e. The van der Waals surface area contributed by atoms with Gasteiger partial charge in [-0.15, -0.1) is 0 Å². The third-order valence-corrected chi connectivity index (χ3v) is 5.37. The summed E-state index contributed by atoms with van der Waals surface area (Å²) in [5.41, 5.74) is 4.36. The number of benzene rings is 2. The SMILES string of the molecule is Cc1nn(-c2nc3ccccc3o2)c2c1[C@@H](c1ccc(Br)cc1)CC(=O)N2. The van der Waals surface area contributed by atoms with E-state index in [1.54, 1.807) is 4.68 Å². The van der Waals surface area contributed by atoms with Crippen molar-refractivity contribution in [2.45, 2.75) is 19.3 Å². The Balaban J connectivity index is 1.67. The second-order valence-corrected chi connectivity index (χ2v) is 7.50. The molecule has 1 aliphatic rings. The molecule has 0 saturated heterocycles. The standard InChI is InChI=1S/C20H15BrN4O2/c1-11-18-14(12-6-8-13(21)9-7-12)10-17(26)23-19(18)25(24-11)20-22-15-4-2-3-5-16(15)27-20/h2-9,14H,10H2,1H3,(H,23,26)/t14-/m1/s1. The number of hydrogen-bond donors (Lipinski definition) is 1. The smallest absolute Gasteiger partial charge is 0.325 e. The first-order chi connectivity index (χ1) is 13.1. The molecule has 0 aliphatic carbocycles. The van der Waals surface area contributed by atoms with E-state index in [9.17, 15) is 4.79 Å². The molecule has 0 saturated carbocycles. The van der Waals surface area contributed by atoms with E-state index in [4.69, 9.17) is 4.42 Å². The zero-order valence-electron chi connectivity index (χ0n) is 14.4. The zero-order valence-corrected chi connectivity index (χ0v) is 16.0. The predicted molar refractivity (Wildman–Crippen MR) is 105 cm³/mol. The van der Waals surface area contributed by atoms with Gasteiger partial charge in [-0.25, -0.2) is 0 Å². The molecule has 1 amide bonds. The number of hydrogen-bond acceptors (Lipinski definition) is 4. The molecule has 1 aliphatic heterocycles. The van der Waals surface area contributed by atoms with Crippen molar-refractivity contribution in [3.05, 3.63) is 69.8 Å². The molecule has 2 aromatic heterocycles. The lowest BCUT2D eigenvalue weighted by Gasteiger charge is -2.24. The third kappa shape index (κ3) is 2.66. The van der Waals surface area contributed by atoms with Crippen LogP contribution >= 0.6 is 15.9 Å². The van der Waals surface area contributed by atoms with Crippen LogP contribution < -0.4 is 5.32 Å². The van der Waals surface area contributed by atoms with Crippen LogP contribution in [0, 0.1) is 6.92 Å². The van der Waals surface area contributed by atoms with E-state index in [1.807, 2.05) is 55.5 Å². The lowest BCUT2D eigenvalue weighted by atomic mass is 9.86. The van der Waals surface area contributed by atoms with E-state index in [2.05, 4.69) is 31.3 Å². The van der Waals surface area contributed by atoms with Crippen LogP contribution in [0.25, 0.3) is 17.1 Å². The summed E-state index contributed by atoms with van der Waals surface area (Å²) in [6, 6.07) is 15.9. The molecule has 5 rings (SSSR count). The highest BCUT2D eigenvalue weighted by Crippen LogP contribution is 2.40. The summed E-state index contributed by atoms with van der Waals surface area (Å²) in [6.07, 6.45) is 0.384. The van der Waals surface area contributed by atoms with Crippen LogP contribution in [-0.4, -0.2) is 20.7 Å². The van der Waals surface area contributed by atoms with Crippen LogP contribution in [0.3, 0.4) is 0 Å². The van der Waals surface area contributed by atoms with E-state index >= 15 is 0 Å². The fraction of sp³-hybridized carbons (Fsp3) is 0.150. The molecule has 2 aromatic carbocycles. The number of nitrogens with zero attached hydrogens (tertiary/aromatic N) is 3. The second kappa shape index (κ2) is 6.06. The maximum absolute atomic E-state index is 12.4. The highest BCUT2D eigenvalue weighted by molar-refractivity contribution is 9.10. The molecular formula is C20H15BrN4O2. The molecule has 0 unspecified atom stereocenters. The van der Waals surface area contributed by atoms with Gasteiger partial charge < -0.3 is 9.73 Å². The minimum absolute atomic E-state index is 0.0484. The molecular weight excluding hydrogens is 408 g/mol. The van der Waals surface area contributed by atoms with E-state index in [0.717, 1.165) is 26.8 Å². The van der Waals surface area contributed by atoms with Gasteiger partial charge in [-0.3, -0.25) is 4.79 Å². The quantitative estimate of drug-likeness (QED) is 0.513. The van der Waals surface area contributed by atoms with Crippen molar-refractivity contribution in [1.29, 1.82) is 0 Å². The highest BCUT2D eigenvalue weighted by atomic mass is 79.9. The molecule has 4 aromatic rings. The van der Waals surface area contributed by atoms with Crippen molar-refractivity contribution in [1.82, 2.24) is 14.8 Å². The molecule has 27 heavy (non-hydrogen) atoms.